The highest BCUT2D eigenvalue weighted by atomic mass is 16.4. The molecule has 0 aliphatic rings. The van der Waals surface area contributed by atoms with Crippen LogP contribution in [0.3, 0.4) is 0 Å². The van der Waals surface area contributed by atoms with E-state index < -0.39 is 17.9 Å². The molecule has 6 heteroatoms. The van der Waals surface area contributed by atoms with Gasteiger partial charge in [0, 0.05) is 0 Å². The standard InChI is InChI=1S/C39H66O6/c1-4-7-10-13-16-19-22-25-28-31-32(29-26-23-20-17-14-11-8-5-2)35(38(42)43)36(39(44)45)33(34(31)37(40)41)30-27-24-21-18-15-12-9-6-3/h4-30H2,1-3H3,(H,40,41)(H,42,43)(H,44,45). The van der Waals surface area contributed by atoms with Crippen molar-refractivity contribution < 1.29 is 29.7 Å². The van der Waals surface area contributed by atoms with Crippen molar-refractivity contribution in [3.63, 3.8) is 0 Å². The Labute approximate surface area is 274 Å². The van der Waals surface area contributed by atoms with Crippen LogP contribution in [-0.2, 0) is 19.3 Å². The van der Waals surface area contributed by atoms with Gasteiger partial charge in [0.05, 0.1) is 16.7 Å². The van der Waals surface area contributed by atoms with Crippen LogP contribution < -0.4 is 0 Å². The molecule has 0 saturated heterocycles. The molecule has 45 heavy (non-hydrogen) atoms. The maximum atomic E-state index is 12.9. The van der Waals surface area contributed by atoms with E-state index >= 15 is 0 Å². The lowest BCUT2D eigenvalue weighted by Crippen LogP contribution is -2.22. The molecule has 1 aromatic rings. The number of carboxylic acid groups (broad SMARTS) is 3. The Morgan fingerprint density at radius 3 is 0.844 bits per heavy atom. The van der Waals surface area contributed by atoms with Gasteiger partial charge in [0.25, 0.3) is 0 Å². The maximum absolute atomic E-state index is 12.9. The summed E-state index contributed by atoms with van der Waals surface area (Å²) in [6.45, 7) is 6.59. The zero-order valence-electron chi connectivity index (χ0n) is 29.2. The maximum Gasteiger partial charge on any atom is 0.336 e. The predicted octanol–water partition coefficient (Wildman–Crippen LogP) is 11.8. The minimum absolute atomic E-state index is 0.0675. The number of hydrogen-bond acceptors (Lipinski definition) is 3. The molecule has 0 unspecified atom stereocenters. The van der Waals surface area contributed by atoms with E-state index in [0.29, 0.717) is 30.4 Å². The number of carboxylic acids is 3. The number of aromatic carboxylic acids is 3. The van der Waals surface area contributed by atoms with Crippen LogP contribution in [0.5, 0.6) is 0 Å². The number of hydrogen-bond donors (Lipinski definition) is 3. The Balaban J connectivity index is 3.30. The topological polar surface area (TPSA) is 112 Å². The highest BCUT2D eigenvalue weighted by Crippen LogP contribution is 2.33. The molecule has 0 aliphatic heterocycles. The molecular formula is C39H66O6. The van der Waals surface area contributed by atoms with Gasteiger partial charge in [-0.2, -0.15) is 0 Å². The first kappa shape index (κ1) is 40.7. The second kappa shape index (κ2) is 25.8. The minimum atomic E-state index is -1.33. The Morgan fingerprint density at radius 1 is 0.333 bits per heavy atom. The summed E-state index contributed by atoms with van der Waals surface area (Å²) < 4.78 is 0. The van der Waals surface area contributed by atoms with Gasteiger partial charge < -0.3 is 15.3 Å². The summed E-state index contributed by atoms with van der Waals surface area (Å²) in [5.41, 5.74) is 0.849. The Hall–Kier alpha value is -2.37. The van der Waals surface area contributed by atoms with Crippen LogP contribution in [0.25, 0.3) is 0 Å². The van der Waals surface area contributed by atoms with Gasteiger partial charge in [-0.25, -0.2) is 14.4 Å². The first-order valence-corrected chi connectivity index (χ1v) is 18.7. The van der Waals surface area contributed by atoms with Gasteiger partial charge in [0.15, 0.2) is 0 Å². The van der Waals surface area contributed by atoms with Crippen LogP contribution >= 0.6 is 0 Å². The molecule has 0 radical (unpaired) electrons. The first-order chi connectivity index (χ1) is 21.8. The molecule has 0 heterocycles. The molecule has 0 aliphatic carbocycles. The van der Waals surface area contributed by atoms with E-state index in [1.807, 2.05) is 0 Å². The van der Waals surface area contributed by atoms with Crippen molar-refractivity contribution in [2.45, 2.75) is 194 Å². The molecule has 0 amide bonds. The lowest BCUT2D eigenvalue weighted by Gasteiger charge is -2.22. The van der Waals surface area contributed by atoms with E-state index in [1.54, 1.807) is 0 Å². The molecule has 0 saturated carbocycles. The molecular weight excluding hydrogens is 564 g/mol. The number of unbranched alkanes of at least 4 members (excludes halogenated alkanes) is 21. The lowest BCUT2D eigenvalue weighted by atomic mass is 9.80. The normalized spacial score (nSPS) is 11.3. The molecule has 0 fully saturated rings. The summed E-state index contributed by atoms with van der Waals surface area (Å²) in [6, 6.07) is 0. The second-order valence-electron chi connectivity index (χ2n) is 13.2. The fraction of sp³-hybridized carbons (Fsp3) is 0.769. The van der Waals surface area contributed by atoms with Crippen molar-refractivity contribution in [3.8, 4) is 0 Å². The first-order valence-electron chi connectivity index (χ1n) is 18.7. The van der Waals surface area contributed by atoms with E-state index in [1.165, 1.54) is 77.0 Å². The van der Waals surface area contributed by atoms with E-state index in [-0.39, 0.29) is 28.7 Å². The summed E-state index contributed by atoms with van der Waals surface area (Å²) in [5, 5.41) is 31.3. The zero-order valence-corrected chi connectivity index (χ0v) is 29.2. The SMILES string of the molecule is CCCCCCCCCCc1c(CCCCCCCCCC)c(C(=O)O)c(C(=O)O)c(CCCCCCCCCC)c1C(=O)O. The van der Waals surface area contributed by atoms with Gasteiger partial charge in [-0.15, -0.1) is 0 Å². The van der Waals surface area contributed by atoms with Crippen molar-refractivity contribution in [3.05, 3.63) is 33.4 Å². The largest absolute Gasteiger partial charge is 0.478 e. The van der Waals surface area contributed by atoms with Crippen molar-refractivity contribution in [1.29, 1.82) is 0 Å². The monoisotopic (exact) mass is 630 g/mol. The third kappa shape index (κ3) is 16.1. The summed E-state index contributed by atoms with van der Waals surface area (Å²) >= 11 is 0. The summed E-state index contributed by atoms with van der Waals surface area (Å²) in [6.07, 6.45) is 27.2. The van der Waals surface area contributed by atoms with Crippen molar-refractivity contribution >= 4 is 17.9 Å². The molecule has 0 spiro atoms. The molecule has 258 valence electrons. The van der Waals surface area contributed by atoms with Crippen LogP contribution in [0.2, 0.25) is 0 Å². The number of carbonyl (C=O) groups is 3. The summed E-state index contributed by atoms with van der Waals surface area (Å²) in [5.74, 6) is -3.72. The third-order valence-electron chi connectivity index (χ3n) is 9.30. The Bertz CT molecular complexity index is 982. The van der Waals surface area contributed by atoms with Gasteiger partial charge in [0.2, 0.25) is 0 Å². The van der Waals surface area contributed by atoms with E-state index in [2.05, 4.69) is 20.8 Å². The van der Waals surface area contributed by atoms with Crippen LogP contribution in [0.1, 0.15) is 223 Å². The van der Waals surface area contributed by atoms with Crippen molar-refractivity contribution in [2.75, 3.05) is 0 Å². The fourth-order valence-electron chi connectivity index (χ4n) is 6.75. The molecule has 3 N–H and O–H groups in total. The average molecular weight is 631 g/mol. The Morgan fingerprint density at radius 2 is 0.556 bits per heavy atom. The fourth-order valence-corrected chi connectivity index (χ4v) is 6.75. The predicted molar refractivity (Wildman–Crippen MR) is 186 cm³/mol. The Kier molecular flexibility index (Phi) is 23.3. The van der Waals surface area contributed by atoms with Crippen LogP contribution in [0, 0.1) is 0 Å². The van der Waals surface area contributed by atoms with E-state index in [9.17, 15) is 29.7 Å². The van der Waals surface area contributed by atoms with Crippen LogP contribution in [-0.4, -0.2) is 33.2 Å². The highest BCUT2D eigenvalue weighted by Gasteiger charge is 2.32. The summed E-state index contributed by atoms with van der Waals surface area (Å²) in [4.78, 5) is 38.3. The average Bonchev–Trinajstić information content (AvgIpc) is 3.00. The third-order valence-corrected chi connectivity index (χ3v) is 9.30. The quantitative estimate of drug-likeness (QED) is 0.0729. The number of benzene rings is 1. The molecule has 6 nitrogen and oxygen atoms in total. The van der Waals surface area contributed by atoms with Gasteiger partial charge in [0.1, 0.15) is 0 Å². The zero-order chi connectivity index (χ0) is 33.3. The van der Waals surface area contributed by atoms with Gasteiger partial charge in [-0.3, -0.25) is 0 Å². The van der Waals surface area contributed by atoms with Crippen LogP contribution in [0.4, 0.5) is 0 Å². The minimum Gasteiger partial charge on any atom is -0.478 e. The van der Waals surface area contributed by atoms with Crippen molar-refractivity contribution in [2.24, 2.45) is 0 Å². The molecule has 1 aromatic carbocycles. The van der Waals surface area contributed by atoms with E-state index in [0.717, 1.165) is 70.6 Å². The smallest absolute Gasteiger partial charge is 0.336 e. The highest BCUT2D eigenvalue weighted by molar-refractivity contribution is 6.07. The molecule has 0 bridgehead atoms. The van der Waals surface area contributed by atoms with E-state index in [4.69, 9.17) is 0 Å². The second-order valence-corrected chi connectivity index (χ2v) is 13.2. The molecule has 0 atom stereocenters. The van der Waals surface area contributed by atoms with Gasteiger partial charge in [-0.05, 0) is 55.2 Å². The van der Waals surface area contributed by atoms with Gasteiger partial charge in [-0.1, -0.05) is 156 Å². The molecule has 1 rings (SSSR count). The number of rotatable bonds is 30. The molecule has 0 aromatic heterocycles. The van der Waals surface area contributed by atoms with Crippen LogP contribution in [0.15, 0.2) is 0 Å². The lowest BCUT2D eigenvalue weighted by molar-refractivity contribution is 0.0646. The summed E-state index contributed by atoms with van der Waals surface area (Å²) in [7, 11) is 0. The van der Waals surface area contributed by atoms with Gasteiger partial charge >= 0.3 is 17.9 Å². The van der Waals surface area contributed by atoms with Crippen molar-refractivity contribution in [1.82, 2.24) is 0 Å².